The lowest BCUT2D eigenvalue weighted by atomic mass is 9.99. The molecule has 5 heteroatoms. The van der Waals surface area contributed by atoms with Gasteiger partial charge in [-0.1, -0.05) is 23.7 Å². The van der Waals surface area contributed by atoms with Crippen LogP contribution in [0.5, 0.6) is 11.5 Å². The van der Waals surface area contributed by atoms with E-state index in [1.807, 2.05) is 0 Å². The quantitative estimate of drug-likeness (QED) is 0.920. The van der Waals surface area contributed by atoms with E-state index in [2.05, 4.69) is 0 Å². The molecule has 3 nitrogen and oxygen atoms in total. The van der Waals surface area contributed by atoms with Crippen molar-refractivity contribution in [3.8, 4) is 11.5 Å². The van der Waals surface area contributed by atoms with Crippen LogP contribution in [0.3, 0.4) is 0 Å². The molecule has 1 aliphatic heterocycles. The zero-order valence-corrected chi connectivity index (χ0v) is 12.2. The number of ether oxygens (including phenoxy) is 2. The van der Waals surface area contributed by atoms with E-state index in [1.165, 1.54) is 6.07 Å². The van der Waals surface area contributed by atoms with E-state index in [1.54, 1.807) is 31.2 Å². The molecule has 1 aliphatic rings. The van der Waals surface area contributed by atoms with Gasteiger partial charge in [0, 0.05) is 11.6 Å². The molecule has 0 aromatic heterocycles. The number of aliphatic hydroxyl groups excluding tert-OH is 1. The highest BCUT2D eigenvalue weighted by Gasteiger charge is 2.20. The molecule has 0 saturated carbocycles. The Labute approximate surface area is 126 Å². The Bertz CT molecular complexity index is 687. The molecule has 1 unspecified atom stereocenters. The molecule has 21 heavy (non-hydrogen) atoms. The summed E-state index contributed by atoms with van der Waals surface area (Å²) < 4.78 is 24.3. The summed E-state index contributed by atoms with van der Waals surface area (Å²) in [5.74, 6) is 0.815. The zero-order chi connectivity index (χ0) is 15.0. The van der Waals surface area contributed by atoms with Gasteiger partial charge < -0.3 is 14.6 Å². The zero-order valence-electron chi connectivity index (χ0n) is 11.4. The highest BCUT2D eigenvalue weighted by atomic mass is 35.5. The maximum Gasteiger partial charge on any atom is 0.162 e. The summed E-state index contributed by atoms with van der Waals surface area (Å²) in [6.07, 6.45) is -0.951. The van der Waals surface area contributed by atoms with Gasteiger partial charge in [-0.15, -0.1) is 0 Å². The van der Waals surface area contributed by atoms with Gasteiger partial charge in [-0.25, -0.2) is 4.39 Å². The van der Waals surface area contributed by atoms with Crippen molar-refractivity contribution in [2.75, 3.05) is 13.2 Å². The summed E-state index contributed by atoms with van der Waals surface area (Å²) in [4.78, 5) is 0. The lowest BCUT2D eigenvalue weighted by Gasteiger charge is -2.21. The van der Waals surface area contributed by atoms with Crippen molar-refractivity contribution in [2.45, 2.75) is 13.0 Å². The van der Waals surface area contributed by atoms with E-state index >= 15 is 0 Å². The molecule has 110 valence electrons. The van der Waals surface area contributed by atoms with Crippen LogP contribution in [0.2, 0.25) is 5.02 Å². The Hall–Kier alpha value is -1.78. The first-order valence-corrected chi connectivity index (χ1v) is 6.97. The number of halogens is 2. The maximum absolute atomic E-state index is 13.3. The first kappa shape index (κ1) is 14.2. The van der Waals surface area contributed by atoms with Gasteiger partial charge in [0.1, 0.15) is 25.1 Å². The molecule has 2 aromatic rings. The normalized spacial score (nSPS) is 14.9. The minimum absolute atomic E-state index is 0.306. The van der Waals surface area contributed by atoms with E-state index in [4.69, 9.17) is 21.1 Å². The standard InChI is InChI=1S/C16H14ClFO3/c1-9-6-10(2-3-13(9)18)16(19)11-7-14-15(8-12(11)17)21-5-4-20-14/h2-3,6-8,16,19H,4-5H2,1H3. The first-order valence-electron chi connectivity index (χ1n) is 6.59. The lowest BCUT2D eigenvalue weighted by Crippen LogP contribution is -2.16. The number of rotatable bonds is 2. The predicted molar refractivity (Wildman–Crippen MR) is 77.6 cm³/mol. The molecule has 0 saturated heterocycles. The second-order valence-electron chi connectivity index (χ2n) is 4.93. The molecular formula is C16H14ClFO3. The number of aliphatic hydroxyl groups is 1. The molecule has 3 rings (SSSR count). The van der Waals surface area contributed by atoms with Gasteiger partial charge in [0.05, 0.1) is 5.02 Å². The number of aryl methyl sites for hydroxylation is 1. The second-order valence-corrected chi connectivity index (χ2v) is 5.34. The summed E-state index contributed by atoms with van der Waals surface area (Å²) in [6.45, 7) is 2.58. The smallest absolute Gasteiger partial charge is 0.162 e. The summed E-state index contributed by atoms with van der Waals surface area (Å²) in [5, 5.41) is 10.9. The van der Waals surface area contributed by atoms with Crippen molar-refractivity contribution in [1.82, 2.24) is 0 Å². The Kier molecular flexibility index (Phi) is 3.74. The molecule has 0 amide bonds. The van der Waals surface area contributed by atoms with Crippen LogP contribution >= 0.6 is 11.6 Å². The molecule has 0 aliphatic carbocycles. The number of hydrogen-bond donors (Lipinski definition) is 1. The van der Waals surface area contributed by atoms with E-state index < -0.39 is 6.10 Å². The van der Waals surface area contributed by atoms with Crippen molar-refractivity contribution in [2.24, 2.45) is 0 Å². The van der Waals surface area contributed by atoms with Gasteiger partial charge >= 0.3 is 0 Å². The minimum Gasteiger partial charge on any atom is -0.486 e. The van der Waals surface area contributed by atoms with Crippen LogP contribution in [0.1, 0.15) is 22.8 Å². The molecular weight excluding hydrogens is 295 g/mol. The Morgan fingerprint density at radius 3 is 2.48 bits per heavy atom. The van der Waals surface area contributed by atoms with Gasteiger partial charge in [-0.05, 0) is 30.2 Å². The molecule has 0 spiro atoms. The Morgan fingerprint density at radius 2 is 1.81 bits per heavy atom. The third-order valence-corrected chi connectivity index (χ3v) is 3.78. The predicted octanol–water partition coefficient (Wildman–Crippen LogP) is 3.64. The van der Waals surface area contributed by atoms with E-state index in [0.29, 0.717) is 46.4 Å². The summed E-state index contributed by atoms with van der Waals surface area (Å²) in [5.41, 5.74) is 1.56. The van der Waals surface area contributed by atoms with E-state index in [-0.39, 0.29) is 5.82 Å². The van der Waals surface area contributed by atoms with Crippen molar-refractivity contribution >= 4 is 11.6 Å². The highest BCUT2D eigenvalue weighted by Crippen LogP contribution is 2.39. The van der Waals surface area contributed by atoms with Crippen LogP contribution in [-0.2, 0) is 0 Å². The molecule has 0 radical (unpaired) electrons. The second kappa shape index (κ2) is 5.54. The Morgan fingerprint density at radius 1 is 1.14 bits per heavy atom. The fourth-order valence-electron chi connectivity index (χ4n) is 2.31. The van der Waals surface area contributed by atoms with E-state index in [9.17, 15) is 9.50 Å². The van der Waals surface area contributed by atoms with Gasteiger partial charge in [-0.3, -0.25) is 0 Å². The van der Waals surface area contributed by atoms with Crippen molar-refractivity contribution < 1.29 is 19.0 Å². The van der Waals surface area contributed by atoms with Crippen LogP contribution in [0.25, 0.3) is 0 Å². The number of hydrogen-bond acceptors (Lipinski definition) is 3. The van der Waals surface area contributed by atoms with Crippen molar-refractivity contribution in [1.29, 1.82) is 0 Å². The fourth-order valence-corrected chi connectivity index (χ4v) is 2.56. The Balaban J connectivity index is 2.00. The molecule has 0 fully saturated rings. The molecule has 1 atom stereocenters. The van der Waals surface area contributed by atoms with Crippen LogP contribution in [0.4, 0.5) is 4.39 Å². The van der Waals surface area contributed by atoms with Gasteiger partial charge in [-0.2, -0.15) is 0 Å². The van der Waals surface area contributed by atoms with Crippen LogP contribution < -0.4 is 9.47 Å². The van der Waals surface area contributed by atoms with Gasteiger partial charge in [0.25, 0.3) is 0 Å². The molecule has 1 N–H and O–H groups in total. The molecule has 1 heterocycles. The first-order chi connectivity index (χ1) is 10.1. The topological polar surface area (TPSA) is 38.7 Å². The third-order valence-electron chi connectivity index (χ3n) is 3.45. The van der Waals surface area contributed by atoms with Gasteiger partial charge in [0.2, 0.25) is 0 Å². The SMILES string of the molecule is Cc1cc(C(O)c2cc3c(cc2Cl)OCCO3)ccc1F. The maximum atomic E-state index is 13.3. The highest BCUT2D eigenvalue weighted by molar-refractivity contribution is 6.31. The van der Waals surface area contributed by atoms with Crippen LogP contribution in [0.15, 0.2) is 30.3 Å². The number of fused-ring (bicyclic) bond motifs is 1. The largest absolute Gasteiger partial charge is 0.486 e. The third kappa shape index (κ3) is 2.69. The monoisotopic (exact) mass is 308 g/mol. The van der Waals surface area contributed by atoms with E-state index in [0.717, 1.165) is 0 Å². The summed E-state index contributed by atoms with van der Waals surface area (Å²) >= 11 is 6.21. The van der Waals surface area contributed by atoms with Crippen LogP contribution in [-0.4, -0.2) is 18.3 Å². The fraction of sp³-hybridized carbons (Fsp3) is 0.250. The number of benzene rings is 2. The summed E-state index contributed by atoms with van der Waals surface area (Å²) in [7, 11) is 0. The van der Waals surface area contributed by atoms with Gasteiger partial charge in [0.15, 0.2) is 11.5 Å². The van der Waals surface area contributed by atoms with Crippen molar-refractivity contribution in [3.63, 3.8) is 0 Å². The summed E-state index contributed by atoms with van der Waals surface area (Å²) in [6, 6.07) is 7.78. The minimum atomic E-state index is -0.951. The molecule has 0 bridgehead atoms. The average molecular weight is 309 g/mol. The molecule has 2 aromatic carbocycles. The average Bonchev–Trinajstić information content (AvgIpc) is 2.48. The lowest BCUT2D eigenvalue weighted by molar-refractivity contribution is 0.169. The van der Waals surface area contributed by atoms with Crippen LogP contribution in [0, 0.1) is 12.7 Å². The van der Waals surface area contributed by atoms with Crippen molar-refractivity contribution in [3.05, 3.63) is 57.9 Å².